The van der Waals surface area contributed by atoms with Crippen molar-refractivity contribution in [2.24, 2.45) is 4.99 Å². The van der Waals surface area contributed by atoms with Crippen LogP contribution in [0, 0.1) is 0 Å². The molecular weight excluding hydrogens is 126 g/mol. The van der Waals surface area contributed by atoms with Gasteiger partial charge in [0.25, 0.3) is 0 Å². The van der Waals surface area contributed by atoms with Crippen LogP contribution in [-0.2, 0) is 0 Å². The number of allylic oxidation sites excluding steroid dienone is 1. The monoisotopic (exact) mass is 137 g/mol. The Hall–Kier alpha value is -1.09. The highest BCUT2D eigenvalue weighted by molar-refractivity contribution is 5.73. The fourth-order valence-corrected chi connectivity index (χ4v) is 0.738. The summed E-state index contributed by atoms with van der Waals surface area (Å²) in [7, 11) is 1.74. The molecule has 0 aromatic heterocycles. The molecule has 1 aliphatic heterocycles. The number of aliphatic imine (C=N–C) groups is 1. The maximum absolute atomic E-state index is 3.83. The van der Waals surface area contributed by atoms with Crippen LogP contribution in [0.1, 0.15) is 0 Å². The molecular formula is C7H11N3. The predicted molar refractivity (Wildman–Crippen MR) is 42.8 cm³/mol. The molecule has 10 heavy (non-hydrogen) atoms. The van der Waals surface area contributed by atoms with Gasteiger partial charge in [-0.15, -0.1) is 0 Å². The Morgan fingerprint density at radius 1 is 1.70 bits per heavy atom. The first kappa shape index (κ1) is 7.02. The van der Waals surface area contributed by atoms with Gasteiger partial charge in [-0.3, -0.25) is 4.99 Å². The van der Waals surface area contributed by atoms with Gasteiger partial charge in [-0.1, -0.05) is 6.58 Å². The second-order valence-electron chi connectivity index (χ2n) is 2.07. The van der Waals surface area contributed by atoms with Gasteiger partial charge in [0.2, 0.25) is 0 Å². The zero-order valence-corrected chi connectivity index (χ0v) is 6.02. The summed E-state index contributed by atoms with van der Waals surface area (Å²) in [4.78, 5) is 3.82. The van der Waals surface area contributed by atoms with Gasteiger partial charge in [-0.2, -0.15) is 0 Å². The summed E-state index contributed by atoms with van der Waals surface area (Å²) >= 11 is 0. The summed E-state index contributed by atoms with van der Waals surface area (Å²) in [5.74, 6) is 0. The fourth-order valence-electron chi connectivity index (χ4n) is 0.738. The number of hydrogen-bond donors (Lipinski definition) is 2. The number of hydrazine groups is 1. The minimum atomic E-state index is 0.809. The number of nitrogens with one attached hydrogen (secondary N) is 2. The molecule has 0 bridgehead atoms. The first-order chi connectivity index (χ1) is 4.84. The standard InChI is InChI=1S/C7H11N3/c1-6-5-9-10-7(6)3-4-8-2/h3-4,9-10H,1,5H2,2H3/b7-3+,8-4?. The molecule has 1 saturated heterocycles. The van der Waals surface area contributed by atoms with Gasteiger partial charge in [0, 0.05) is 19.8 Å². The molecule has 0 spiro atoms. The van der Waals surface area contributed by atoms with Crippen LogP contribution < -0.4 is 10.9 Å². The van der Waals surface area contributed by atoms with Crippen LogP contribution in [0.4, 0.5) is 0 Å². The Labute approximate surface area is 60.5 Å². The second kappa shape index (κ2) is 3.17. The minimum Gasteiger partial charge on any atom is -0.321 e. The highest BCUT2D eigenvalue weighted by Crippen LogP contribution is 2.05. The first-order valence-corrected chi connectivity index (χ1v) is 3.14. The van der Waals surface area contributed by atoms with Gasteiger partial charge in [0.15, 0.2) is 0 Å². The van der Waals surface area contributed by atoms with Gasteiger partial charge in [-0.05, 0) is 11.6 Å². The Balaban J connectivity index is 2.62. The Morgan fingerprint density at radius 3 is 3.00 bits per heavy atom. The summed E-state index contributed by atoms with van der Waals surface area (Å²) in [6.07, 6.45) is 3.63. The van der Waals surface area contributed by atoms with Crippen LogP contribution >= 0.6 is 0 Å². The van der Waals surface area contributed by atoms with Crippen LogP contribution in [0.5, 0.6) is 0 Å². The number of nitrogens with zero attached hydrogens (tertiary/aromatic N) is 1. The van der Waals surface area contributed by atoms with Gasteiger partial charge in [-0.25, -0.2) is 5.43 Å². The Kier molecular flexibility index (Phi) is 2.23. The molecule has 1 fully saturated rings. The molecule has 0 unspecified atom stereocenters. The highest BCUT2D eigenvalue weighted by Gasteiger charge is 2.07. The zero-order valence-electron chi connectivity index (χ0n) is 6.02. The van der Waals surface area contributed by atoms with Crippen molar-refractivity contribution in [2.45, 2.75) is 0 Å². The zero-order chi connectivity index (χ0) is 7.40. The predicted octanol–water partition coefficient (Wildman–Crippen LogP) is 0.235. The van der Waals surface area contributed by atoms with Crippen molar-refractivity contribution in [3.63, 3.8) is 0 Å². The number of hydrogen-bond acceptors (Lipinski definition) is 3. The molecule has 2 N–H and O–H groups in total. The van der Waals surface area contributed by atoms with Crippen LogP contribution in [0.2, 0.25) is 0 Å². The number of rotatable bonds is 1. The van der Waals surface area contributed by atoms with E-state index >= 15 is 0 Å². The topological polar surface area (TPSA) is 36.4 Å². The van der Waals surface area contributed by atoms with Gasteiger partial charge in [0.1, 0.15) is 0 Å². The van der Waals surface area contributed by atoms with Crippen molar-refractivity contribution < 1.29 is 0 Å². The minimum absolute atomic E-state index is 0.809. The summed E-state index contributed by atoms with van der Waals surface area (Å²) in [6, 6.07) is 0. The molecule has 0 atom stereocenters. The first-order valence-electron chi connectivity index (χ1n) is 3.14. The van der Waals surface area contributed by atoms with Crippen LogP contribution in [0.25, 0.3) is 0 Å². The van der Waals surface area contributed by atoms with E-state index in [1.165, 1.54) is 0 Å². The summed E-state index contributed by atoms with van der Waals surface area (Å²) < 4.78 is 0. The molecule has 54 valence electrons. The average molecular weight is 137 g/mol. The van der Waals surface area contributed by atoms with Gasteiger partial charge >= 0.3 is 0 Å². The maximum atomic E-state index is 3.83. The lowest BCUT2D eigenvalue weighted by Gasteiger charge is -1.93. The molecule has 1 heterocycles. The van der Waals surface area contributed by atoms with Crippen molar-refractivity contribution in [3.8, 4) is 0 Å². The largest absolute Gasteiger partial charge is 0.321 e. The second-order valence-corrected chi connectivity index (χ2v) is 2.07. The molecule has 3 heteroatoms. The van der Waals surface area contributed by atoms with E-state index in [4.69, 9.17) is 0 Å². The van der Waals surface area contributed by atoms with Gasteiger partial charge < -0.3 is 5.43 Å². The Bertz CT molecular complexity index is 191. The van der Waals surface area contributed by atoms with Crippen molar-refractivity contribution in [1.29, 1.82) is 0 Å². The van der Waals surface area contributed by atoms with E-state index in [0.717, 1.165) is 17.8 Å². The summed E-state index contributed by atoms with van der Waals surface area (Å²) in [6.45, 7) is 4.64. The SMILES string of the molecule is C=C1CNN/C1=C/C=NC. The normalized spacial score (nSPS) is 22.5. The molecule has 0 saturated carbocycles. The van der Waals surface area contributed by atoms with E-state index in [1.807, 2.05) is 6.08 Å². The van der Waals surface area contributed by atoms with Crippen LogP contribution in [-0.4, -0.2) is 19.8 Å². The molecule has 0 aliphatic carbocycles. The average Bonchev–Trinajstić information content (AvgIpc) is 2.31. The van der Waals surface area contributed by atoms with E-state index in [9.17, 15) is 0 Å². The van der Waals surface area contributed by atoms with E-state index < -0.39 is 0 Å². The Morgan fingerprint density at radius 2 is 2.50 bits per heavy atom. The lowest BCUT2D eigenvalue weighted by atomic mass is 10.2. The molecule has 0 aromatic carbocycles. The van der Waals surface area contributed by atoms with Gasteiger partial charge in [0.05, 0.1) is 5.70 Å². The fraction of sp³-hybridized carbons (Fsp3) is 0.286. The third-order valence-electron chi connectivity index (χ3n) is 1.30. The van der Waals surface area contributed by atoms with E-state index in [-0.39, 0.29) is 0 Å². The lowest BCUT2D eigenvalue weighted by molar-refractivity contribution is 0.727. The highest BCUT2D eigenvalue weighted by atomic mass is 15.4. The van der Waals surface area contributed by atoms with Crippen molar-refractivity contribution in [3.05, 3.63) is 23.9 Å². The quantitative estimate of drug-likeness (QED) is 0.508. The van der Waals surface area contributed by atoms with Crippen LogP contribution in [0.3, 0.4) is 0 Å². The molecule has 1 aliphatic rings. The van der Waals surface area contributed by atoms with E-state index in [2.05, 4.69) is 22.4 Å². The lowest BCUT2D eigenvalue weighted by Crippen LogP contribution is -2.20. The molecule has 1 rings (SSSR count). The maximum Gasteiger partial charge on any atom is 0.0542 e. The smallest absolute Gasteiger partial charge is 0.0542 e. The molecule has 0 radical (unpaired) electrons. The third kappa shape index (κ3) is 1.45. The van der Waals surface area contributed by atoms with Crippen molar-refractivity contribution >= 4 is 6.21 Å². The van der Waals surface area contributed by atoms with Crippen molar-refractivity contribution in [1.82, 2.24) is 10.9 Å². The third-order valence-corrected chi connectivity index (χ3v) is 1.30. The summed E-state index contributed by atoms with van der Waals surface area (Å²) in [5.41, 5.74) is 8.00. The summed E-state index contributed by atoms with van der Waals surface area (Å²) in [5, 5.41) is 0. The molecule has 0 amide bonds. The molecule has 3 nitrogen and oxygen atoms in total. The van der Waals surface area contributed by atoms with E-state index in [1.54, 1.807) is 13.3 Å². The molecule has 0 aromatic rings. The van der Waals surface area contributed by atoms with Crippen molar-refractivity contribution in [2.75, 3.05) is 13.6 Å². The van der Waals surface area contributed by atoms with Crippen LogP contribution in [0.15, 0.2) is 28.9 Å². The van der Waals surface area contributed by atoms with E-state index in [0.29, 0.717) is 0 Å².